The Balaban J connectivity index is 5.84. The molecule has 0 unspecified atom stereocenters. The van der Waals surface area contributed by atoms with Gasteiger partial charge in [-0.15, -0.1) is 0 Å². The van der Waals surface area contributed by atoms with Gasteiger partial charge in [0.2, 0.25) is 0 Å². The average Bonchev–Trinajstić information content (AvgIpc) is 2.42. The van der Waals surface area contributed by atoms with Crippen molar-refractivity contribution in [3.8, 4) is 0 Å². The van der Waals surface area contributed by atoms with Crippen LogP contribution in [0.15, 0.2) is 0 Å². The van der Waals surface area contributed by atoms with Crippen LogP contribution in [0, 0.1) is 0 Å². The molecule has 0 rings (SSSR count). The first-order valence-electron chi connectivity index (χ1n) is 6.54. The van der Waals surface area contributed by atoms with Gasteiger partial charge in [0, 0.05) is 13.8 Å². The van der Waals surface area contributed by atoms with Gasteiger partial charge in [0.05, 0.1) is 0 Å². The largest absolute Gasteiger partial charge is 0.518 e. The summed E-state index contributed by atoms with van der Waals surface area (Å²) in [6, 6.07) is 0. The Labute approximate surface area is 153 Å². The molecule has 0 bridgehead atoms. The van der Waals surface area contributed by atoms with Gasteiger partial charge in [-0.05, 0) is 0 Å². The molecule has 30 heavy (non-hydrogen) atoms. The zero-order chi connectivity index (χ0) is 25.0. The highest BCUT2D eigenvalue weighted by molar-refractivity contribution is 5.61. The molecule has 0 saturated heterocycles. The standard InChI is InChI=1S/C11H6F16O3/c1-4(12,13)6(16,17)8(20,21)10(24,25)29-3(28)30-11(26,27)9(22,23)7(18,19)5(2,14)15/h1-2H3. The Morgan fingerprint density at radius 1 is 0.467 bits per heavy atom. The van der Waals surface area contributed by atoms with Crippen molar-refractivity contribution in [1.82, 2.24) is 0 Å². The van der Waals surface area contributed by atoms with Crippen LogP contribution in [0.4, 0.5) is 75.0 Å². The fraction of sp³-hybridized carbons (Fsp3) is 0.909. The van der Waals surface area contributed by atoms with E-state index in [0.29, 0.717) is 0 Å². The summed E-state index contributed by atoms with van der Waals surface area (Å²) >= 11 is 0. The van der Waals surface area contributed by atoms with Gasteiger partial charge in [0.1, 0.15) is 0 Å². The molecular formula is C11H6F16O3. The third-order valence-electron chi connectivity index (χ3n) is 3.05. The van der Waals surface area contributed by atoms with Crippen molar-refractivity contribution in [2.75, 3.05) is 0 Å². The van der Waals surface area contributed by atoms with E-state index < -0.39 is 67.8 Å². The van der Waals surface area contributed by atoms with E-state index in [1.54, 1.807) is 0 Å². The molecule has 0 radical (unpaired) electrons. The van der Waals surface area contributed by atoms with Gasteiger partial charge in [-0.1, -0.05) is 0 Å². The molecule has 180 valence electrons. The fourth-order valence-electron chi connectivity index (χ4n) is 1.28. The molecule has 3 nitrogen and oxygen atoms in total. The number of ether oxygens (including phenoxy) is 2. The zero-order valence-corrected chi connectivity index (χ0v) is 13.8. The summed E-state index contributed by atoms with van der Waals surface area (Å²) in [4.78, 5) is 10.6. The van der Waals surface area contributed by atoms with Crippen LogP contribution in [0.3, 0.4) is 0 Å². The van der Waals surface area contributed by atoms with Crippen molar-refractivity contribution < 1.29 is 84.5 Å². The summed E-state index contributed by atoms with van der Waals surface area (Å²) in [6.45, 7) is -2.06. The summed E-state index contributed by atoms with van der Waals surface area (Å²) < 4.78 is 209. The molecule has 0 aromatic rings. The second kappa shape index (κ2) is 7.10. The number of alkyl halides is 16. The van der Waals surface area contributed by atoms with E-state index in [4.69, 9.17) is 0 Å². The Kier molecular flexibility index (Phi) is 6.66. The van der Waals surface area contributed by atoms with E-state index in [0.717, 1.165) is 0 Å². The van der Waals surface area contributed by atoms with E-state index >= 15 is 0 Å². The lowest BCUT2D eigenvalue weighted by atomic mass is 10.1. The highest BCUT2D eigenvalue weighted by Crippen LogP contribution is 2.54. The number of carbonyl (C=O) groups excluding carboxylic acids is 1. The van der Waals surface area contributed by atoms with Gasteiger partial charge in [0.15, 0.2) is 0 Å². The lowest BCUT2D eigenvalue weighted by Gasteiger charge is -2.35. The maximum absolute atomic E-state index is 13.0. The number of rotatable bonds is 8. The minimum absolute atomic E-state index is 1.03. The molecule has 0 atom stereocenters. The lowest BCUT2D eigenvalue weighted by Crippen LogP contribution is -2.64. The topological polar surface area (TPSA) is 35.5 Å². The Hall–Kier alpha value is -1.85. The molecule has 0 N–H and O–H groups in total. The van der Waals surface area contributed by atoms with Crippen molar-refractivity contribution in [1.29, 1.82) is 0 Å². The van der Waals surface area contributed by atoms with Gasteiger partial charge in [-0.2, -0.15) is 70.2 Å². The molecule has 0 saturated carbocycles. The smallest absolute Gasteiger partial charge is 0.363 e. The molecule has 0 aliphatic carbocycles. The molecule has 0 aliphatic rings. The van der Waals surface area contributed by atoms with Crippen molar-refractivity contribution >= 4 is 6.16 Å². The predicted molar refractivity (Wildman–Crippen MR) is 58.5 cm³/mol. The first kappa shape index (κ1) is 28.1. The molecule has 0 aromatic carbocycles. The van der Waals surface area contributed by atoms with Gasteiger partial charge in [-0.25, -0.2) is 4.79 Å². The predicted octanol–water partition coefficient (Wildman–Crippen LogP) is 6.18. The first-order valence-corrected chi connectivity index (χ1v) is 6.54. The monoisotopic (exact) mass is 490 g/mol. The Morgan fingerprint density at radius 3 is 0.833 bits per heavy atom. The molecule has 0 spiro atoms. The average molecular weight is 490 g/mol. The van der Waals surface area contributed by atoms with Crippen LogP contribution in [0.2, 0.25) is 0 Å². The maximum atomic E-state index is 13.0. The van der Waals surface area contributed by atoms with Crippen LogP contribution in [0.25, 0.3) is 0 Å². The number of hydrogen-bond donors (Lipinski definition) is 0. The fourth-order valence-corrected chi connectivity index (χ4v) is 1.28. The minimum atomic E-state index is -7.41. The van der Waals surface area contributed by atoms with Gasteiger partial charge >= 0.3 is 53.9 Å². The molecule has 0 amide bonds. The SMILES string of the molecule is CC(F)(F)C(F)(F)C(F)(F)C(F)(F)OC(=O)OC(F)(F)C(F)(F)C(F)(F)C(C)(F)F. The van der Waals surface area contributed by atoms with Crippen LogP contribution in [0.5, 0.6) is 0 Å². The molecular weight excluding hydrogens is 484 g/mol. The summed E-state index contributed by atoms with van der Waals surface area (Å²) in [6.07, 6.45) is -18.6. The third-order valence-corrected chi connectivity index (χ3v) is 3.05. The van der Waals surface area contributed by atoms with E-state index in [2.05, 4.69) is 0 Å². The second-order valence-corrected chi connectivity index (χ2v) is 5.56. The molecule has 19 heteroatoms. The summed E-state index contributed by atoms with van der Waals surface area (Å²) in [5, 5.41) is 0. The van der Waals surface area contributed by atoms with Crippen molar-refractivity contribution in [2.24, 2.45) is 0 Å². The van der Waals surface area contributed by atoms with Crippen molar-refractivity contribution in [3.63, 3.8) is 0 Å². The van der Waals surface area contributed by atoms with Crippen LogP contribution in [-0.2, 0) is 9.47 Å². The van der Waals surface area contributed by atoms with Crippen LogP contribution in [0.1, 0.15) is 13.8 Å². The van der Waals surface area contributed by atoms with Crippen molar-refractivity contribution in [2.45, 2.75) is 61.6 Å². The molecule has 0 aliphatic heterocycles. The Morgan fingerprint density at radius 2 is 0.667 bits per heavy atom. The van der Waals surface area contributed by atoms with Gasteiger partial charge in [-0.3, -0.25) is 0 Å². The highest BCUT2D eigenvalue weighted by Gasteiger charge is 2.83. The van der Waals surface area contributed by atoms with Crippen LogP contribution >= 0.6 is 0 Å². The number of carbonyl (C=O) groups is 1. The number of halogens is 16. The summed E-state index contributed by atoms with van der Waals surface area (Å²) in [5.41, 5.74) is 0. The highest BCUT2D eigenvalue weighted by atomic mass is 19.4. The van der Waals surface area contributed by atoms with E-state index in [9.17, 15) is 75.0 Å². The van der Waals surface area contributed by atoms with E-state index in [-0.39, 0.29) is 0 Å². The maximum Gasteiger partial charge on any atom is 0.518 e. The lowest BCUT2D eigenvalue weighted by molar-refractivity contribution is -0.432. The third kappa shape index (κ3) is 4.28. The van der Waals surface area contributed by atoms with Gasteiger partial charge in [0.25, 0.3) is 0 Å². The summed E-state index contributed by atoms with van der Waals surface area (Å²) in [7, 11) is 0. The van der Waals surface area contributed by atoms with Crippen LogP contribution < -0.4 is 0 Å². The summed E-state index contributed by atoms with van der Waals surface area (Å²) in [5.74, 6) is -40.9. The molecule has 0 fully saturated rings. The molecule has 0 aromatic heterocycles. The van der Waals surface area contributed by atoms with Crippen LogP contribution in [-0.4, -0.2) is 53.9 Å². The van der Waals surface area contributed by atoms with Crippen molar-refractivity contribution in [3.05, 3.63) is 0 Å². The first-order chi connectivity index (χ1) is 12.6. The minimum Gasteiger partial charge on any atom is -0.363 e. The van der Waals surface area contributed by atoms with E-state index in [1.165, 1.54) is 0 Å². The van der Waals surface area contributed by atoms with Gasteiger partial charge < -0.3 is 9.47 Å². The van der Waals surface area contributed by atoms with E-state index in [1.807, 2.05) is 9.47 Å². The second-order valence-electron chi connectivity index (χ2n) is 5.56. The number of hydrogen-bond acceptors (Lipinski definition) is 3. The normalized spacial score (nSPS) is 15.8. The molecule has 0 heterocycles. The Bertz CT molecular complexity index is 590. The zero-order valence-electron chi connectivity index (χ0n) is 13.8. The quantitative estimate of drug-likeness (QED) is 0.302.